The number of carbonyl (C=O) groups is 1. The van der Waals surface area contributed by atoms with Crippen LogP contribution in [0.4, 0.5) is 16.0 Å². The maximum Gasteiger partial charge on any atom is 0.260 e. The number of rotatable bonds is 4. The van der Waals surface area contributed by atoms with Crippen molar-refractivity contribution >= 4 is 17.5 Å². The predicted molar refractivity (Wildman–Crippen MR) is 125 cm³/mol. The van der Waals surface area contributed by atoms with Gasteiger partial charge in [-0.05, 0) is 42.8 Å². The Morgan fingerprint density at radius 1 is 1.18 bits per heavy atom. The quantitative estimate of drug-likeness (QED) is 0.642. The number of benzene rings is 1. The zero-order chi connectivity index (χ0) is 23.8. The van der Waals surface area contributed by atoms with E-state index in [1.54, 1.807) is 11.0 Å². The van der Waals surface area contributed by atoms with Crippen LogP contribution in [0.3, 0.4) is 0 Å². The Kier molecular flexibility index (Phi) is 5.59. The van der Waals surface area contributed by atoms with Gasteiger partial charge in [-0.15, -0.1) is 0 Å². The summed E-state index contributed by atoms with van der Waals surface area (Å²) < 4.78 is 20.6. The summed E-state index contributed by atoms with van der Waals surface area (Å²) in [5.41, 5.74) is 2.25. The molecule has 1 fully saturated rings. The van der Waals surface area contributed by atoms with Gasteiger partial charge in [0.2, 0.25) is 0 Å². The molecular formula is C25H23FN6O2. The van der Waals surface area contributed by atoms with Gasteiger partial charge in [0.1, 0.15) is 23.5 Å². The Bertz CT molecular complexity index is 1330. The van der Waals surface area contributed by atoms with Gasteiger partial charge in [-0.2, -0.15) is 5.26 Å². The SMILES string of the molecule is COc1ccc(C#N)c(F)c1-c1nccc2c1CN(c1cc(C)cc(N3CCNCC3)n1)C2=O. The molecule has 0 spiro atoms. The summed E-state index contributed by atoms with van der Waals surface area (Å²) in [6.07, 6.45) is 1.48. The summed E-state index contributed by atoms with van der Waals surface area (Å²) in [6.45, 7) is 5.60. The number of piperazine rings is 1. The molecule has 0 aliphatic carbocycles. The third kappa shape index (κ3) is 3.62. The highest BCUT2D eigenvalue weighted by molar-refractivity contribution is 6.10. The topological polar surface area (TPSA) is 94.4 Å². The van der Waals surface area contributed by atoms with Crippen LogP contribution in [-0.4, -0.2) is 49.2 Å². The second-order valence-corrected chi connectivity index (χ2v) is 8.29. The van der Waals surface area contributed by atoms with Gasteiger partial charge in [0, 0.05) is 43.5 Å². The second kappa shape index (κ2) is 8.72. The fourth-order valence-corrected chi connectivity index (χ4v) is 4.49. The molecule has 1 saturated heterocycles. The number of aryl methyl sites for hydroxylation is 1. The molecule has 2 aliphatic heterocycles. The molecule has 0 bridgehead atoms. The number of anilines is 2. The number of amides is 1. The summed E-state index contributed by atoms with van der Waals surface area (Å²) in [5, 5.41) is 12.6. The van der Waals surface area contributed by atoms with E-state index in [2.05, 4.69) is 15.2 Å². The van der Waals surface area contributed by atoms with Crippen LogP contribution in [0.15, 0.2) is 36.5 Å². The lowest BCUT2D eigenvalue weighted by atomic mass is 9.99. The minimum Gasteiger partial charge on any atom is -0.496 e. The molecule has 0 saturated carbocycles. The van der Waals surface area contributed by atoms with Crippen molar-refractivity contribution in [3.8, 4) is 23.1 Å². The van der Waals surface area contributed by atoms with Crippen LogP contribution in [0.2, 0.25) is 0 Å². The standard InChI is InChI=1S/C25H23FN6O2/c1-15-11-20(31-9-7-28-8-10-31)30-21(12-15)32-14-18-17(25(32)33)5-6-29-24(18)22-19(34-2)4-3-16(13-27)23(22)26/h3-6,11-12,28H,7-10,14H2,1-2H3. The number of methoxy groups -OCH3 is 1. The lowest BCUT2D eigenvalue weighted by Gasteiger charge is -2.29. The molecule has 172 valence electrons. The molecule has 0 radical (unpaired) electrons. The van der Waals surface area contributed by atoms with Crippen LogP contribution in [0.25, 0.3) is 11.3 Å². The number of hydrogen-bond acceptors (Lipinski definition) is 7. The van der Waals surface area contributed by atoms with Gasteiger partial charge in [0.15, 0.2) is 5.82 Å². The van der Waals surface area contributed by atoms with Crippen molar-refractivity contribution in [2.75, 3.05) is 43.1 Å². The Hall–Kier alpha value is -4.03. The van der Waals surface area contributed by atoms with E-state index in [9.17, 15) is 10.1 Å². The molecule has 34 heavy (non-hydrogen) atoms. The third-order valence-electron chi connectivity index (χ3n) is 6.19. The molecule has 3 aromatic rings. The lowest BCUT2D eigenvalue weighted by molar-refractivity contribution is 0.0996. The van der Waals surface area contributed by atoms with Crippen molar-refractivity contribution in [2.24, 2.45) is 0 Å². The van der Waals surface area contributed by atoms with Crippen molar-refractivity contribution in [1.82, 2.24) is 15.3 Å². The number of aromatic nitrogens is 2. The highest BCUT2D eigenvalue weighted by Crippen LogP contribution is 2.39. The molecule has 2 aromatic heterocycles. The van der Waals surface area contributed by atoms with E-state index in [-0.39, 0.29) is 35.0 Å². The van der Waals surface area contributed by atoms with E-state index >= 15 is 4.39 Å². The molecule has 5 rings (SSSR count). The van der Waals surface area contributed by atoms with Gasteiger partial charge >= 0.3 is 0 Å². The molecule has 1 N–H and O–H groups in total. The van der Waals surface area contributed by atoms with Crippen molar-refractivity contribution < 1.29 is 13.9 Å². The van der Waals surface area contributed by atoms with Crippen LogP contribution < -0.4 is 19.9 Å². The van der Waals surface area contributed by atoms with Gasteiger partial charge in [-0.3, -0.25) is 14.7 Å². The molecule has 1 aromatic carbocycles. The van der Waals surface area contributed by atoms with Crippen LogP contribution in [0.5, 0.6) is 5.75 Å². The Morgan fingerprint density at radius 2 is 1.94 bits per heavy atom. The van der Waals surface area contributed by atoms with Gasteiger partial charge in [0.25, 0.3) is 5.91 Å². The summed E-state index contributed by atoms with van der Waals surface area (Å²) in [6, 6.07) is 10.3. The number of nitriles is 1. The largest absolute Gasteiger partial charge is 0.496 e. The first-order valence-electron chi connectivity index (χ1n) is 11.0. The normalized spacial score (nSPS) is 15.3. The number of pyridine rings is 2. The van der Waals surface area contributed by atoms with E-state index in [4.69, 9.17) is 9.72 Å². The predicted octanol–water partition coefficient (Wildman–Crippen LogP) is 3.04. The van der Waals surface area contributed by atoms with Crippen LogP contribution in [0, 0.1) is 24.1 Å². The molecule has 1 amide bonds. The van der Waals surface area contributed by atoms with Crippen molar-refractivity contribution in [3.05, 3.63) is 64.6 Å². The summed E-state index contributed by atoms with van der Waals surface area (Å²) in [7, 11) is 1.43. The number of halogens is 1. The average molecular weight is 458 g/mol. The zero-order valence-corrected chi connectivity index (χ0v) is 18.9. The highest BCUT2D eigenvalue weighted by Gasteiger charge is 2.34. The monoisotopic (exact) mass is 458 g/mol. The third-order valence-corrected chi connectivity index (χ3v) is 6.19. The van der Waals surface area contributed by atoms with E-state index in [1.165, 1.54) is 25.4 Å². The number of hydrogen-bond donors (Lipinski definition) is 1. The van der Waals surface area contributed by atoms with Gasteiger partial charge in [0.05, 0.1) is 30.5 Å². The first-order chi connectivity index (χ1) is 16.5. The number of ether oxygens (including phenoxy) is 1. The summed E-state index contributed by atoms with van der Waals surface area (Å²) >= 11 is 0. The maximum atomic E-state index is 15.2. The van der Waals surface area contributed by atoms with Crippen molar-refractivity contribution in [2.45, 2.75) is 13.5 Å². The molecule has 9 heteroatoms. The fourth-order valence-electron chi connectivity index (χ4n) is 4.49. The van der Waals surface area contributed by atoms with Gasteiger partial charge in [-0.1, -0.05) is 0 Å². The summed E-state index contributed by atoms with van der Waals surface area (Å²) in [5.74, 6) is 0.673. The summed E-state index contributed by atoms with van der Waals surface area (Å²) in [4.78, 5) is 26.4. The van der Waals surface area contributed by atoms with Gasteiger partial charge in [-0.25, -0.2) is 9.37 Å². The smallest absolute Gasteiger partial charge is 0.260 e. The second-order valence-electron chi connectivity index (χ2n) is 8.29. The molecule has 2 aliphatic rings. The number of fused-ring (bicyclic) bond motifs is 1. The molecule has 0 unspecified atom stereocenters. The number of nitrogens with one attached hydrogen (secondary N) is 1. The van der Waals surface area contributed by atoms with Crippen LogP contribution >= 0.6 is 0 Å². The molecule has 4 heterocycles. The van der Waals surface area contributed by atoms with Crippen molar-refractivity contribution in [1.29, 1.82) is 5.26 Å². The van der Waals surface area contributed by atoms with E-state index in [0.717, 1.165) is 37.6 Å². The average Bonchev–Trinajstić information content (AvgIpc) is 3.21. The lowest BCUT2D eigenvalue weighted by Crippen LogP contribution is -2.44. The first kappa shape index (κ1) is 21.8. The number of nitrogens with zero attached hydrogens (tertiary/aromatic N) is 5. The van der Waals surface area contributed by atoms with Crippen LogP contribution in [-0.2, 0) is 6.54 Å². The fraction of sp³-hybridized carbons (Fsp3) is 0.280. The van der Waals surface area contributed by atoms with E-state index in [1.807, 2.05) is 25.1 Å². The Balaban J connectivity index is 1.58. The zero-order valence-electron chi connectivity index (χ0n) is 18.9. The molecule has 8 nitrogen and oxygen atoms in total. The number of carbonyl (C=O) groups excluding carboxylic acids is 1. The Morgan fingerprint density at radius 3 is 2.68 bits per heavy atom. The molecular weight excluding hydrogens is 435 g/mol. The molecule has 0 atom stereocenters. The minimum atomic E-state index is -0.719. The Labute approximate surface area is 196 Å². The highest BCUT2D eigenvalue weighted by atomic mass is 19.1. The van der Waals surface area contributed by atoms with E-state index in [0.29, 0.717) is 16.9 Å². The van der Waals surface area contributed by atoms with E-state index < -0.39 is 5.82 Å². The minimum absolute atomic E-state index is 0.0757. The maximum absolute atomic E-state index is 15.2. The van der Waals surface area contributed by atoms with Gasteiger partial charge < -0.3 is 15.0 Å². The van der Waals surface area contributed by atoms with Crippen molar-refractivity contribution in [3.63, 3.8) is 0 Å². The first-order valence-corrected chi connectivity index (χ1v) is 11.0. The van der Waals surface area contributed by atoms with Crippen LogP contribution in [0.1, 0.15) is 27.0 Å².